The van der Waals surface area contributed by atoms with Gasteiger partial charge in [-0.15, -0.1) is 24.0 Å². The second-order valence-electron chi connectivity index (χ2n) is 7.75. The summed E-state index contributed by atoms with van der Waals surface area (Å²) in [5.41, 5.74) is 1.13. The molecular formula is C22H37FIN5O2. The van der Waals surface area contributed by atoms with Crippen molar-refractivity contribution in [2.45, 2.75) is 38.8 Å². The van der Waals surface area contributed by atoms with E-state index in [1.165, 1.54) is 12.1 Å². The summed E-state index contributed by atoms with van der Waals surface area (Å²) in [4.78, 5) is 20.3. The lowest BCUT2D eigenvalue weighted by Crippen LogP contribution is -2.49. The number of likely N-dealkylation sites (N-methyl/N-ethyl adjacent to an activating group) is 1. The largest absolute Gasteiger partial charge is 0.382 e. The summed E-state index contributed by atoms with van der Waals surface area (Å²) in [7, 11) is 3.47. The summed E-state index contributed by atoms with van der Waals surface area (Å²) >= 11 is 0. The lowest BCUT2D eigenvalue weighted by atomic mass is 10.0. The van der Waals surface area contributed by atoms with Gasteiger partial charge in [-0.2, -0.15) is 0 Å². The summed E-state index contributed by atoms with van der Waals surface area (Å²) in [6.45, 7) is 7.02. The van der Waals surface area contributed by atoms with Gasteiger partial charge in [0.15, 0.2) is 5.96 Å². The SMILES string of the molecule is CCOCCCNC(=NCC(=O)N(C)C)NC1CCN(Cc2ccc(F)cc2)CC1.I. The maximum Gasteiger partial charge on any atom is 0.243 e. The summed E-state index contributed by atoms with van der Waals surface area (Å²) in [5.74, 6) is 0.452. The van der Waals surface area contributed by atoms with E-state index in [0.717, 1.165) is 51.0 Å². The third-order valence-electron chi connectivity index (χ3n) is 5.08. The van der Waals surface area contributed by atoms with Crippen LogP contribution in [0.1, 0.15) is 31.7 Å². The first-order valence-corrected chi connectivity index (χ1v) is 10.8. The van der Waals surface area contributed by atoms with Gasteiger partial charge in [0, 0.05) is 59.5 Å². The number of nitrogens with zero attached hydrogens (tertiary/aromatic N) is 3. The van der Waals surface area contributed by atoms with E-state index in [1.54, 1.807) is 19.0 Å². The molecule has 1 aromatic carbocycles. The van der Waals surface area contributed by atoms with Crippen LogP contribution in [0.4, 0.5) is 4.39 Å². The first-order valence-electron chi connectivity index (χ1n) is 10.8. The van der Waals surface area contributed by atoms with Crippen LogP contribution in [0.5, 0.6) is 0 Å². The first kappa shape index (κ1) is 27.6. The maximum absolute atomic E-state index is 13.1. The van der Waals surface area contributed by atoms with Gasteiger partial charge in [0.05, 0.1) is 0 Å². The van der Waals surface area contributed by atoms with Gasteiger partial charge in [-0.25, -0.2) is 9.38 Å². The molecule has 7 nitrogen and oxygen atoms in total. The summed E-state index contributed by atoms with van der Waals surface area (Å²) in [6.07, 6.45) is 2.86. The number of carbonyl (C=O) groups is 1. The zero-order valence-corrected chi connectivity index (χ0v) is 21.2. The minimum atomic E-state index is -0.199. The van der Waals surface area contributed by atoms with E-state index in [-0.39, 0.29) is 42.2 Å². The maximum atomic E-state index is 13.1. The van der Waals surface area contributed by atoms with Gasteiger partial charge >= 0.3 is 0 Å². The molecule has 2 N–H and O–H groups in total. The molecule has 0 aliphatic carbocycles. The highest BCUT2D eigenvalue weighted by Gasteiger charge is 2.20. The van der Waals surface area contributed by atoms with Crippen LogP contribution in [0.2, 0.25) is 0 Å². The second kappa shape index (κ2) is 15.4. The fraction of sp³-hybridized carbons (Fsp3) is 0.636. The molecule has 9 heteroatoms. The average molecular weight is 549 g/mol. The third-order valence-corrected chi connectivity index (χ3v) is 5.08. The van der Waals surface area contributed by atoms with E-state index >= 15 is 0 Å². The number of hydrogen-bond donors (Lipinski definition) is 2. The van der Waals surface area contributed by atoms with Crippen molar-refractivity contribution in [2.75, 3.05) is 53.5 Å². The minimum absolute atomic E-state index is 0. The number of amides is 1. The number of hydrogen-bond acceptors (Lipinski definition) is 4. The van der Waals surface area contributed by atoms with E-state index in [2.05, 4.69) is 20.5 Å². The van der Waals surface area contributed by atoms with Crippen LogP contribution < -0.4 is 10.6 Å². The van der Waals surface area contributed by atoms with Crippen molar-refractivity contribution < 1.29 is 13.9 Å². The molecule has 1 aliphatic rings. The third kappa shape index (κ3) is 11.1. The van der Waals surface area contributed by atoms with E-state index in [9.17, 15) is 9.18 Å². The molecule has 1 heterocycles. The van der Waals surface area contributed by atoms with E-state index < -0.39 is 0 Å². The number of aliphatic imine (C=N–C) groups is 1. The molecule has 1 aliphatic heterocycles. The van der Waals surface area contributed by atoms with Crippen LogP contribution in [0.3, 0.4) is 0 Å². The van der Waals surface area contributed by atoms with Gasteiger partial charge in [0.2, 0.25) is 5.91 Å². The Kier molecular flexibility index (Phi) is 13.7. The molecule has 0 aromatic heterocycles. The average Bonchev–Trinajstić information content (AvgIpc) is 2.74. The van der Waals surface area contributed by atoms with Gasteiger partial charge in [-0.05, 0) is 43.9 Å². The summed E-state index contributed by atoms with van der Waals surface area (Å²) in [5, 5.41) is 6.80. The summed E-state index contributed by atoms with van der Waals surface area (Å²) in [6, 6.07) is 7.02. The molecular weight excluding hydrogens is 512 g/mol. The number of ether oxygens (including phenoxy) is 1. The van der Waals surface area contributed by atoms with Crippen LogP contribution >= 0.6 is 24.0 Å². The lowest BCUT2D eigenvalue weighted by molar-refractivity contribution is -0.127. The van der Waals surface area contributed by atoms with Gasteiger partial charge in [-0.3, -0.25) is 9.69 Å². The topological polar surface area (TPSA) is 69.2 Å². The van der Waals surface area contributed by atoms with E-state index in [0.29, 0.717) is 25.2 Å². The van der Waals surface area contributed by atoms with Crippen molar-refractivity contribution in [3.63, 3.8) is 0 Å². The molecule has 0 unspecified atom stereocenters. The predicted molar refractivity (Wildman–Crippen MR) is 133 cm³/mol. The van der Waals surface area contributed by atoms with Crippen molar-refractivity contribution in [1.82, 2.24) is 20.4 Å². The molecule has 1 fully saturated rings. The van der Waals surface area contributed by atoms with Crippen molar-refractivity contribution in [3.8, 4) is 0 Å². The number of guanidine groups is 1. The highest BCUT2D eigenvalue weighted by Crippen LogP contribution is 2.14. The number of piperidine rings is 1. The molecule has 0 radical (unpaired) electrons. The lowest BCUT2D eigenvalue weighted by Gasteiger charge is -2.33. The van der Waals surface area contributed by atoms with Gasteiger partial charge in [0.25, 0.3) is 0 Å². The molecule has 1 saturated heterocycles. The van der Waals surface area contributed by atoms with Crippen LogP contribution in [-0.2, 0) is 16.1 Å². The number of rotatable bonds is 10. The van der Waals surface area contributed by atoms with Gasteiger partial charge in [-0.1, -0.05) is 12.1 Å². The molecule has 1 aromatic rings. The highest BCUT2D eigenvalue weighted by atomic mass is 127. The minimum Gasteiger partial charge on any atom is -0.382 e. The number of halogens is 2. The van der Waals surface area contributed by atoms with Crippen molar-refractivity contribution >= 4 is 35.8 Å². The first-order chi connectivity index (χ1) is 14.5. The van der Waals surface area contributed by atoms with Crippen molar-refractivity contribution in [2.24, 2.45) is 4.99 Å². The Morgan fingerprint density at radius 1 is 1.26 bits per heavy atom. The zero-order valence-electron chi connectivity index (χ0n) is 18.9. The number of nitrogens with one attached hydrogen (secondary N) is 2. The fourth-order valence-corrected chi connectivity index (χ4v) is 3.24. The molecule has 2 rings (SSSR count). The van der Waals surface area contributed by atoms with Crippen molar-refractivity contribution in [3.05, 3.63) is 35.6 Å². The predicted octanol–water partition coefficient (Wildman–Crippen LogP) is 2.46. The van der Waals surface area contributed by atoms with Gasteiger partial charge in [0.1, 0.15) is 12.4 Å². The fourth-order valence-electron chi connectivity index (χ4n) is 3.24. The van der Waals surface area contributed by atoms with Crippen LogP contribution in [0, 0.1) is 5.82 Å². The Hall–Kier alpha value is -1.46. The molecule has 0 bridgehead atoms. The van der Waals surface area contributed by atoms with Crippen LogP contribution in [0.15, 0.2) is 29.3 Å². The smallest absolute Gasteiger partial charge is 0.243 e. The Labute approximate surface area is 202 Å². The molecule has 1 amide bonds. The number of likely N-dealkylation sites (tertiary alicyclic amines) is 1. The standard InChI is InChI=1S/C22H36FN5O2.HI/c1-4-30-15-5-12-24-22(25-16-21(29)27(2)3)26-20-10-13-28(14-11-20)17-18-6-8-19(23)9-7-18;/h6-9,20H,4-5,10-17H2,1-3H3,(H2,24,25,26);1H. The quantitative estimate of drug-likeness (QED) is 0.203. The van der Waals surface area contributed by atoms with Gasteiger partial charge < -0.3 is 20.3 Å². The monoisotopic (exact) mass is 549 g/mol. The number of benzene rings is 1. The van der Waals surface area contributed by atoms with Crippen molar-refractivity contribution in [1.29, 1.82) is 0 Å². The zero-order chi connectivity index (χ0) is 21.8. The number of carbonyl (C=O) groups excluding carboxylic acids is 1. The summed E-state index contributed by atoms with van der Waals surface area (Å²) < 4.78 is 18.4. The van der Waals surface area contributed by atoms with E-state index in [4.69, 9.17) is 4.74 Å². The molecule has 31 heavy (non-hydrogen) atoms. The normalized spacial score (nSPS) is 15.3. The molecule has 0 saturated carbocycles. The molecule has 0 spiro atoms. The van der Waals surface area contributed by atoms with Crippen LogP contribution in [-0.4, -0.2) is 81.2 Å². The van der Waals surface area contributed by atoms with Crippen LogP contribution in [0.25, 0.3) is 0 Å². The Morgan fingerprint density at radius 3 is 2.55 bits per heavy atom. The highest BCUT2D eigenvalue weighted by molar-refractivity contribution is 14.0. The molecule has 0 atom stereocenters. The second-order valence-corrected chi connectivity index (χ2v) is 7.75. The Balaban J connectivity index is 0.00000480. The Morgan fingerprint density at radius 2 is 1.94 bits per heavy atom. The molecule has 176 valence electrons. The Bertz CT molecular complexity index is 664. The van der Waals surface area contributed by atoms with E-state index in [1.807, 2.05) is 19.1 Å².